The lowest BCUT2D eigenvalue weighted by Gasteiger charge is -2.34. The Kier molecular flexibility index (Phi) is 6.84. The topological polar surface area (TPSA) is 52.6 Å². The quantitative estimate of drug-likeness (QED) is 0.730. The third-order valence-corrected chi connectivity index (χ3v) is 5.28. The van der Waals surface area contributed by atoms with Crippen LogP contribution in [0.1, 0.15) is 67.9 Å². The summed E-state index contributed by atoms with van der Waals surface area (Å²) in [6.07, 6.45) is 2.03. The van der Waals surface area contributed by atoms with E-state index in [4.69, 9.17) is 0 Å². The maximum absolute atomic E-state index is 13.1. The minimum absolute atomic E-state index is 0.0311. The van der Waals surface area contributed by atoms with Crippen LogP contribution in [0.2, 0.25) is 0 Å². The van der Waals surface area contributed by atoms with Gasteiger partial charge in [-0.25, -0.2) is 0 Å². The Morgan fingerprint density at radius 2 is 1.93 bits per heavy atom. The van der Waals surface area contributed by atoms with Crippen molar-refractivity contribution in [3.05, 3.63) is 65.2 Å². The molecule has 1 amide bonds. The van der Waals surface area contributed by atoms with E-state index in [9.17, 15) is 9.90 Å². The second kappa shape index (κ2) is 9.36. The first-order valence-electron chi connectivity index (χ1n) is 10.7. The second-order valence-corrected chi connectivity index (χ2v) is 8.90. The van der Waals surface area contributed by atoms with Gasteiger partial charge in [0.2, 0.25) is 0 Å². The van der Waals surface area contributed by atoms with Gasteiger partial charge in [-0.15, -0.1) is 0 Å². The summed E-state index contributed by atoms with van der Waals surface area (Å²) in [4.78, 5) is 15.0. The van der Waals surface area contributed by atoms with Gasteiger partial charge in [-0.1, -0.05) is 43.9 Å². The molecule has 30 heavy (non-hydrogen) atoms. The lowest BCUT2D eigenvalue weighted by Crippen LogP contribution is -2.45. The third kappa shape index (κ3) is 6.11. The summed E-state index contributed by atoms with van der Waals surface area (Å²) < 4.78 is 0. The standard InChI is InChI=1S/C26H32N2O2/c1-19(2)21-10-12-23(13-11-21)27-24-9-6-16-28(18-24)25(29)22-8-5-7-20(17-22)14-15-26(3,4)30/h5,7-8,10-13,17,19,24,27,30H,6,9,16,18H2,1-4H3/t24-/m1/s1. The molecule has 158 valence electrons. The van der Waals surface area contributed by atoms with Crippen LogP contribution in [-0.4, -0.2) is 40.6 Å². The van der Waals surface area contributed by atoms with Gasteiger partial charge in [0.15, 0.2) is 0 Å². The molecular formula is C26H32N2O2. The van der Waals surface area contributed by atoms with Gasteiger partial charge in [0.25, 0.3) is 5.91 Å². The van der Waals surface area contributed by atoms with Crippen LogP contribution in [0, 0.1) is 11.8 Å². The van der Waals surface area contributed by atoms with Crippen LogP contribution < -0.4 is 5.32 Å². The van der Waals surface area contributed by atoms with E-state index in [2.05, 4.69) is 55.3 Å². The molecular weight excluding hydrogens is 372 g/mol. The summed E-state index contributed by atoms with van der Waals surface area (Å²) in [7, 11) is 0. The normalized spacial score (nSPS) is 16.7. The molecule has 2 N–H and O–H groups in total. The zero-order valence-corrected chi connectivity index (χ0v) is 18.4. The Labute approximate surface area is 180 Å². The number of rotatable bonds is 4. The molecule has 0 spiro atoms. The highest BCUT2D eigenvalue weighted by atomic mass is 16.3. The van der Waals surface area contributed by atoms with Gasteiger partial charge in [-0.2, -0.15) is 0 Å². The van der Waals surface area contributed by atoms with Crippen molar-refractivity contribution < 1.29 is 9.90 Å². The highest BCUT2D eigenvalue weighted by Crippen LogP contribution is 2.21. The van der Waals surface area contributed by atoms with E-state index in [1.807, 2.05) is 29.2 Å². The van der Waals surface area contributed by atoms with E-state index in [0.29, 0.717) is 18.0 Å². The molecule has 1 atom stereocenters. The summed E-state index contributed by atoms with van der Waals surface area (Å²) in [5, 5.41) is 13.4. The molecule has 1 saturated heterocycles. The average Bonchev–Trinajstić information content (AvgIpc) is 2.72. The van der Waals surface area contributed by atoms with E-state index in [-0.39, 0.29) is 11.9 Å². The van der Waals surface area contributed by atoms with Gasteiger partial charge in [0.1, 0.15) is 5.60 Å². The molecule has 0 aliphatic carbocycles. The third-order valence-electron chi connectivity index (χ3n) is 5.28. The van der Waals surface area contributed by atoms with Gasteiger partial charge >= 0.3 is 0 Å². The zero-order chi connectivity index (χ0) is 21.7. The van der Waals surface area contributed by atoms with Crippen LogP contribution in [0.5, 0.6) is 0 Å². The van der Waals surface area contributed by atoms with Crippen molar-refractivity contribution in [3.63, 3.8) is 0 Å². The molecule has 2 aromatic rings. The number of hydrogen-bond acceptors (Lipinski definition) is 3. The Morgan fingerprint density at radius 3 is 2.60 bits per heavy atom. The lowest BCUT2D eigenvalue weighted by atomic mass is 10.0. The second-order valence-electron chi connectivity index (χ2n) is 8.90. The highest BCUT2D eigenvalue weighted by Gasteiger charge is 2.24. The number of likely N-dealkylation sites (tertiary alicyclic amines) is 1. The molecule has 1 aliphatic heterocycles. The van der Waals surface area contributed by atoms with Crippen molar-refractivity contribution in [2.24, 2.45) is 0 Å². The first-order valence-corrected chi connectivity index (χ1v) is 10.7. The number of hydrogen-bond donors (Lipinski definition) is 2. The van der Waals surface area contributed by atoms with Gasteiger partial charge < -0.3 is 15.3 Å². The van der Waals surface area contributed by atoms with Crippen molar-refractivity contribution in [1.82, 2.24) is 4.90 Å². The molecule has 0 saturated carbocycles. The molecule has 1 heterocycles. The van der Waals surface area contributed by atoms with Gasteiger partial charge in [-0.3, -0.25) is 4.79 Å². The fourth-order valence-corrected chi connectivity index (χ4v) is 3.62. The number of benzene rings is 2. The number of carbonyl (C=O) groups excluding carboxylic acids is 1. The van der Waals surface area contributed by atoms with Crippen LogP contribution >= 0.6 is 0 Å². The number of nitrogens with zero attached hydrogens (tertiary/aromatic N) is 1. The van der Waals surface area contributed by atoms with Gasteiger partial charge in [0, 0.05) is 35.9 Å². The Bertz CT molecular complexity index is 930. The molecule has 4 nitrogen and oxygen atoms in total. The van der Waals surface area contributed by atoms with Crippen LogP contribution in [0.15, 0.2) is 48.5 Å². The summed E-state index contributed by atoms with van der Waals surface area (Å²) >= 11 is 0. The van der Waals surface area contributed by atoms with Crippen molar-refractivity contribution >= 4 is 11.6 Å². The predicted octanol–water partition coefficient (Wildman–Crippen LogP) is 4.65. The molecule has 1 aliphatic rings. The molecule has 4 heteroatoms. The molecule has 3 rings (SSSR count). The SMILES string of the molecule is CC(C)c1ccc(N[C@@H]2CCCN(C(=O)c3cccc(C#CC(C)(C)O)c3)C2)cc1. The number of nitrogens with one attached hydrogen (secondary N) is 1. The van der Waals surface area contributed by atoms with Crippen LogP contribution in [0.4, 0.5) is 5.69 Å². The fourth-order valence-electron chi connectivity index (χ4n) is 3.62. The van der Waals surface area contributed by atoms with Crippen molar-refractivity contribution in [2.75, 3.05) is 18.4 Å². The van der Waals surface area contributed by atoms with E-state index >= 15 is 0 Å². The molecule has 1 fully saturated rings. The van der Waals surface area contributed by atoms with E-state index < -0.39 is 5.60 Å². The Morgan fingerprint density at radius 1 is 1.20 bits per heavy atom. The van der Waals surface area contributed by atoms with Crippen molar-refractivity contribution in [2.45, 2.75) is 58.1 Å². The van der Waals surface area contributed by atoms with Gasteiger partial charge in [-0.05, 0) is 68.5 Å². The molecule has 0 aromatic heterocycles. The first-order chi connectivity index (χ1) is 14.2. The minimum Gasteiger partial charge on any atom is -0.381 e. The zero-order valence-electron chi connectivity index (χ0n) is 18.4. The largest absolute Gasteiger partial charge is 0.381 e. The maximum Gasteiger partial charge on any atom is 0.253 e. The predicted molar refractivity (Wildman–Crippen MR) is 123 cm³/mol. The summed E-state index contributed by atoms with van der Waals surface area (Å²) in [5.41, 5.74) is 2.75. The molecule has 2 aromatic carbocycles. The number of amides is 1. The maximum atomic E-state index is 13.1. The molecule has 0 radical (unpaired) electrons. The lowest BCUT2D eigenvalue weighted by molar-refractivity contribution is 0.0714. The Balaban J connectivity index is 1.66. The number of aliphatic hydroxyl groups is 1. The van der Waals surface area contributed by atoms with E-state index in [1.165, 1.54) is 5.56 Å². The van der Waals surface area contributed by atoms with Crippen molar-refractivity contribution in [3.8, 4) is 11.8 Å². The fraction of sp³-hybridized carbons (Fsp3) is 0.423. The first kappa shape index (κ1) is 21.9. The van der Waals surface area contributed by atoms with Crippen LogP contribution in [-0.2, 0) is 0 Å². The monoisotopic (exact) mass is 404 g/mol. The number of carbonyl (C=O) groups is 1. The molecule has 0 unspecified atom stereocenters. The van der Waals surface area contributed by atoms with Crippen molar-refractivity contribution in [1.29, 1.82) is 0 Å². The smallest absolute Gasteiger partial charge is 0.253 e. The van der Waals surface area contributed by atoms with E-state index in [1.54, 1.807) is 13.8 Å². The van der Waals surface area contributed by atoms with Crippen LogP contribution in [0.3, 0.4) is 0 Å². The number of piperidine rings is 1. The summed E-state index contributed by atoms with van der Waals surface area (Å²) in [6.45, 7) is 9.13. The average molecular weight is 405 g/mol. The molecule has 0 bridgehead atoms. The highest BCUT2D eigenvalue weighted by molar-refractivity contribution is 5.94. The summed E-state index contributed by atoms with van der Waals surface area (Å²) in [5.74, 6) is 6.30. The Hall–Kier alpha value is -2.77. The van der Waals surface area contributed by atoms with Crippen LogP contribution in [0.25, 0.3) is 0 Å². The number of anilines is 1. The van der Waals surface area contributed by atoms with Gasteiger partial charge in [0.05, 0.1) is 0 Å². The van der Waals surface area contributed by atoms with E-state index in [0.717, 1.165) is 30.6 Å². The minimum atomic E-state index is -1.06. The summed E-state index contributed by atoms with van der Waals surface area (Å²) in [6, 6.07) is 16.2.